The number of hydrogen-bond donors (Lipinski definition) is 0. The maximum atomic E-state index is 6.21. The van der Waals surface area contributed by atoms with Gasteiger partial charge in [-0.3, -0.25) is 9.88 Å². The first-order valence-electron chi connectivity index (χ1n) is 8.13. The summed E-state index contributed by atoms with van der Waals surface area (Å²) in [5, 5.41) is 3.22. The molecule has 0 aliphatic carbocycles. The SMILES string of the molecule is c1cncc(O[C@H]2CO[C@]3(CCCN(Cc4nccs4)C3)C2)c1. The lowest BCUT2D eigenvalue weighted by Gasteiger charge is -2.39. The van der Waals surface area contributed by atoms with Gasteiger partial charge in [-0.15, -0.1) is 11.3 Å². The Hall–Kier alpha value is -1.50. The maximum absolute atomic E-state index is 6.21. The van der Waals surface area contributed by atoms with E-state index in [-0.39, 0.29) is 11.7 Å². The molecule has 2 aliphatic rings. The zero-order chi connectivity index (χ0) is 15.5. The summed E-state index contributed by atoms with van der Waals surface area (Å²) in [7, 11) is 0. The number of aromatic nitrogens is 2. The van der Waals surface area contributed by atoms with Gasteiger partial charge in [0.15, 0.2) is 0 Å². The summed E-state index contributed by atoms with van der Waals surface area (Å²) in [6.07, 6.45) is 8.77. The lowest BCUT2D eigenvalue weighted by atomic mass is 9.89. The molecule has 5 nitrogen and oxygen atoms in total. The maximum Gasteiger partial charge on any atom is 0.138 e. The van der Waals surface area contributed by atoms with Crippen LogP contribution in [0, 0.1) is 0 Å². The van der Waals surface area contributed by atoms with Crippen LogP contribution in [-0.2, 0) is 11.3 Å². The van der Waals surface area contributed by atoms with Crippen LogP contribution in [0.4, 0.5) is 0 Å². The van der Waals surface area contributed by atoms with Crippen molar-refractivity contribution in [2.45, 2.75) is 37.5 Å². The molecule has 2 aromatic heterocycles. The zero-order valence-corrected chi connectivity index (χ0v) is 13.9. The van der Waals surface area contributed by atoms with E-state index in [1.807, 2.05) is 23.7 Å². The van der Waals surface area contributed by atoms with Gasteiger partial charge in [-0.25, -0.2) is 4.98 Å². The standard InChI is InChI=1S/C17H21N3O2S/c1-3-14(10-18-5-1)22-15-9-17(21-12-15)4-2-7-20(13-17)11-16-19-6-8-23-16/h1,3,5-6,8,10,15H,2,4,7,9,11-13H2/t15-,17-/m1/s1. The molecule has 2 aliphatic heterocycles. The van der Waals surface area contributed by atoms with Crippen LogP contribution in [0.3, 0.4) is 0 Å². The molecule has 4 rings (SSSR count). The first kappa shape index (κ1) is 15.1. The number of ether oxygens (including phenoxy) is 2. The molecule has 0 aromatic carbocycles. The molecule has 4 heterocycles. The van der Waals surface area contributed by atoms with Crippen molar-refractivity contribution in [3.05, 3.63) is 41.1 Å². The summed E-state index contributed by atoms with van der Waals surface area (Å²) in [6, 6.07) is 3.85. The molecule has 2 aromatic rings. The Morgan fingerprint density at radius 1 is 1.43 bits per heavy atom. The Kier molecular flexibility index (Phi) is 4.29. The van der Waals surface area contributed by atoms with Crippen molar-refractivity contribution in [3.8, 4) is 5.75 Å². The molecule has 0 bridgehead atoms. The van der Waals surface area contributed by atoms with Crippen LogP contribution >= 0.6 is 11.3 Å². The van der Waals surface area contributed by atoms with Gasteiger partial charge in [0.05, 0.1) is 24.9 Å². The van der Waals surface area contributed by atoms with Crippen molar-refractivity contribution in [2.75, 3.05) is 19.7 Å². The smallest absolute Gasteiger partial charge is 0.138 e. The fourth-order valence-electron chi connectivity index (χ4n) is 3.62. The highest BCUT2D eigenvalue weighted by Gasteiger charge is 2.44. The van der Waals surface area contributed by atoms with Gasteiger partial charge in [0.25, 0.3) is 0 Å². The summed E-state index contributed by atoms with van der Waals surface area (Å²) >= 11 is 1.72. The van der Waals surface area contributed by atoms with Crippen LogP contribution in [0.25, 0.3) is 0 Å². The summed E-state index contributed by atoms with van der Waals surface area (Å²) in [5.74, 6) is 0.827. The van der Waals surface area contributed by atoms with Crippen LogP contribution in [0.2, 0.25) is 0 Å². The van der Waals surface area contributed by atoms with Gasteiger partial charge in [-0.1, -0.05) is 0 Å². The van der Waals surface area contributed by atoms with Crippen molar-refractivity contribution in [1.29, 1.82) is 0 Å². The Morgan fingerprint density at radius 2 is 2.43 bits per heavy atom. The van der Waals surface area contributed by atoms with Gasteiger partial charge in [-0.05, 0) is 31.5 Å². The third kappa shape index (κ3) is 3.54. The van der Waals surface area contributed by atoms with Crippen LogP contribution in [0.15, 0.2) is 36.1 Å². The largest absolute Gasteiger partial charge is 0.486 e. The second-order valence-corrected chi connectivity index (χ2v) is 7.35. The summed E-state index contributed by atoms with van der Waals surface area (Å²) in [4.78, 5) is 11.0. The number of piperidine rings is 1. The highest BCUT2D eigenvalue weighted by molar-refractivity contribution is 7.09. The van der Waals surface area contributed by atoms with E-state index in [2.05, 4.69) is 14.9 Å². The molecule has 0 amide bonds. The van der Waals surface area contributed by atoms with E-state index in [0.29, 0.717) is 6.61 Å². The Balaban J connectivity index is 1.37. The van der Waals surface area contributed by atoms with E-state index >= 15 is 0 Å². The molecular weight excluding hydrogens is 310 g/mol. The van der Waals surface area contributed by atoms with E-state index in [1.165, 1.54) is 11.4 Å². The van der Waals surface area contributed by atoms with Gasteiger partial charge in [0.2, 0.25) is 0 Å². The van der Waals surface area contributed by atoms with E-state index in [9.17, 15) is 0 Å². The molecule has 23 heavy (non-hydrogen) atoms. The van der Waals surface area contributed by atoms with E-state index in [4.69, 9.17) is 9.47 Å². The number of nitrogens with zero attached hydrogens (tertiary/aromatic N) is 3. The molecule has 0 unspecified atom stereocenters. The number of pyridine rings is 1. The lowest BCUT2D eigenvalue weighted by Crippen LogP contribution is -2.47. The average molecular weight is 331 g/mol. The molecule has 2 saturated heterocycles. The number of hydrogen-bond acceptors (Lipinski definition) is 6. The average Bonchev–Trinajstić information content (AvgIpc) is 3.19. The number of thiazole rings is 1. The fourth-order valence-corrected chi connectivity index (χ4v) is 4.28. The first-order chi connectivity index (χ1) is 11.3. The minimum absolute atomic E-state index is 0.0532. The molecule has 122 valence electrons. The number of likely N-dealkylation sites (tertiary alicyclic amines) is 1. The van der Waals surface area contributed by atoms with Crippen LogP contribution in [0.5, 0.6) is 5.75 Å². The Bertz CT molecular complexity index is 622. The van der Waals surface area contributed by atoms with Gasteiger partial charge in [0.1, 0.15) is 16.9 Å². The van der Waals surface area contributed by atoms with Crippen LogP contribution in [-0.4, -0.2) is 46.3 Å². The van der Waals surface area contributed by atoms with Crippen LogP contribution < -0.4 is 4.74 Å². The second-order valence-electron chi connectivity index (χ2n) is 6.37. The van der Waals surface area contributed by atoms with E-state index < -0.39 is 0 Å². The minimum atomic E-state index is -0.0532. The zero-order valence-electron chi connectivity index (χ0n) is 13.1. The molecule has 1 spiro atoms. The molecule has 2 atom stereocenters. The van der Waals surface area contributed by atoms with Crippen molar-refractivity contribution < 1.29 is 9.47 Å². The highest BCUT2D eigenvalue weighted by Crippen LogP contribution is 2.36. The van der Waals surface area contributed by atoms with Crippen molar-refractivity contribution in [2.24, 2.45) is 0 Å². The fraction of sp³-hybridized carbons (Fsp3) is 0.529. The van der Waals surface area contributed by atoms with Crippen LogP contribution in [0.1, 0.15) is 24.3 Å². The minimum Gasteiger partial charge on any atom is -0.486 e. The van der Waals surface area contributed by atoms with Gasteiger partial charge in [-0.2, -0.15) is 0 Å². The molecule has 0 N–H and O–H groups in total. The third-order valence-electron chi connectivity index (χ3n) is 4.57. The normalized spacial score (nSPS) is 28.3. The van der Waals surface area contributed by atoms with Gasteiger partial charge in [0, 0.05) is 30.7 Å². The number of rotatable bonds is 4. The van der Waals surface area contributed by atoms with E-state index in [1.54, 1.807) is 23.7 Å². The third-order valence-corrected chi connectivity index (χ3v) is 5.34. The molecule has 0 radical (unpaired) electrons. The first-order valence-corrected chi connectivity index (χ1v) is 9.01. The summed E-state index contributed by atoms with van der Waals surface area (Å²) < 4.78 is 12.2. The lowest BCUT2D eigenvalue weighted by molar-refractivity contribution is -0.0538. The Labute approximate surface area is 140 Å². The monoisotopic (exact) mass is 331 g/mol. The Morgan fingerprint density at radius 3 is 3.26 bits per heavy atom. The predicted octanol–water partition coefficient (Wildman–Crippen LogP) is 2.74. The van der Waals surface area contributed by atoms with Gasteiger partial charge < -0.3 is 9.47 Å². The molecule has 2 fully saturated rings. The molecular formula is C17H21N3O2S. The molecule has 6 heteroatoms. The quantitative estimate of drug-likeness (QED) is 0.862. The van der Waals surface area contributed by atoms with Crippen molar-refractivity contribution in [1.82, 2.24) is 14.9 Å². The molecule has 0 saturated carbocycles. The van der Waals surface area contributed by atoms with Crippen molar-refractivity contribution in [3.63, 3.8) is 0 Å². The summed E-state index contributed by atoms with van der Waals surface area (Å²) in [5.41, 5.74) is -0.0532. The topological polar surface area (TPSA) is 47.5 Å². The summed E-state index contributed by atoms with van der Waals surface area (Å²) in [6.45, 7) is 3.69. The second kappa shape index (κ2) is 6.55. The van der Waals surface area contributed by atoms with Crippen molar-refractivity contribution >= 4 is 11.3 Å². The highest BCUT2D eigenvalue weighted by atomic mass is 32.1. The van der Waals surface area contributed by atoms with Gasteiger partial charge >= 0.3 is 0 Å². The van der Waals surface area contributed by atoms with E-state index in [0.717, 1.165) is 38.2 Å². The predicted molar refractivity (Wildman–Crippen MR) is 88.6 cm³/mol.